The summed E-state index contributed by atoms with van der Waals surface area (Å²) < 4.78 is 2.04. The zero-order valence-electron chi connectivity index (χ0n) is 19.3. The van der Waals surface area contributed by atoms with Crippen molar-refractivity contribution in [2.75, 3.05) is 38.0 Å². The number of piperazine rings is 1. The average Bonchev–Trinajstić information content (AvgIpc) is 3.16. The molecule has 4 heterocycles. The van der Waals surface area contributed by atoms with Crippen LogP contribution in [0.3, 0.4) is 0 Å². The predicted molar refractivity (Wildman–Crippen MR) is 128 cm³/mol. The largest absolute Gasteiger partial charge is 0.372 e. The van der Waals surface area contributed by atoms with E-state index in [1.807, 2.05) is 22.8 Å². The van der Waals surface area contributed by atoms with Crippen molar-refractivity contribution in [3.05, 3.63) is 41.6 Å². The molecule has 0 saturated carbocycles. The third kappa shape index (κ3) is 4.38. The number of carbonyl (C=O) groups excluding carboxylic acids is 1. The molecule has 1 saturated heterocycles. The molecule has 9 heteroatoms. The number of amides is 1. The number of aliphatic imine (C=N–C) groups is 1. The Morgan fingerprint density at radius 1 is 1.31 bits per heavy atom. The smallest absolute Gasteiger partial charge is 0.268 e. The summed E-state index contributed by atoms with van der Waals surface area (Å²) in [6.07, 6.45) is 5.66. The number of nitrogens with zero attached hydrogens (tertiary/aromatic N) is 5. The molecule has 2 aliphatic heterocycles. The Kier molecular flexibility index (Phi) is 6.01. The average molecular weight is 437 g/mol. The summed E-state index contributed by atoms with van der Waals surface area (Å²) in [5.41, 5.74) is 2.48. The van der Waals surface area contributed by atoms with E-state index in [1.54, 1.807) is 6.20 Å². The highest BCUT2D eigenvalue weighted by molar-refractivity contribution is 5.98. The minimum atomic E-state index is -0.0834. The molecule has 0 aliphatic carbocycles. The third-order valence-corrected chi connectivity index (χ3v) is 6.08. The van der Waals surface area contributed by atoms with E-state index < -0.39 is 0 Å². The van der Waals surface area contributed by atoms with Crippen LogP contribution in [0.5, 0.6) is 0 Å². The van der Waals surface area contributed by atoms with Crippen LogP contribution in [0.15, 0.2) is 40.9 Å². The van der Waals surface area contributed by atoms with Crippen molar-refractivity contribution in [1.29, 1.82) is 0 Å². The highest BCUT2D eigenvalue weighted by Gasteiger charge is 2.35. The normalized spacial score (nSPS) is 20.2. The maximum absolute atomic E-state index is 12.5. The lowest BCUT2D eigenvalue weighted by Gasteiger charge is -2.36. The molecule has 2 aromatic heterocycles. The standard InChI is InChI=1S/C23H32N8O/c1-15(30-10-8-25-9-11-30)6-7-19(24-5)28-22-27-13-16-12-17-21(32)26-14-18(23(2,3)4)31(17)20(16)29-22/h6-7,12-13,18,25H,5,8-11,14H2,1-4H3,(H,26,32)(H,27,28,29)/b15-6+,19-7+/t18-/m1/s1. The highest BCUT2D eigenvalue weighted by atomic mass is 16.2. The van der Waals surface area contributed by atoms with Crippen LogP contribution in [0.2, 0.25) is 0 Å². The second-order valence-corrected chi connectivity index (χ2v) is 9.34. The van der Waals surface area contributed by atoms with Gasteiger partial charge in [0.05, 0.1) is 6.04 Å². The maximum Gasteiger partial charge on any atom is 0.268 e. The molecular formula is C23H32N8O. The van der Waals surface area contributed by atoms with Gasteiger partial charge in [-0.15, -0.1) is 0 Å². The molecule has 0 aromatic carbocycles. The van der Waals surface area contributed by atoms with E-state index in [9.17, 15) is 4.79 Å². The molecule has 0 bridgehead atoms. The molecule has 0 radical (unpaired) electrons. The Morgan fingerprint density at radius 3 is 2.75 bits per heavy atom. The van der Waals surface area contributed by atoms with E-state index in [1.165, 1.54) is 5.70 Å². The zero-order chi connectivity index (χ0) is 22.9. The van der Waals surface area contributed by atoms with Gasteiger partial charge in [0, 0.05) is 50.0 Å². The Balaban J connectivity index is 1.63. The first kappa shape index (κ1) is 22.0. The predicted octanol–water partition coefficient (Wildman–Crippen LogP) is 2.52. The summed E-state index contributed by atoms with van der Waals surface area (Å²) in [5.74, 6) is 0.901. The monoisotopic (exact) mass is 436 g/mol. The topological polar surface area (TPSA) is 99.5 Å². The number of allylic oxidation sites excluding steroid dienone is 3. The number of carbonyl (C=O) groups is 1. The lowest BCUT2D eigenvalue weighted by molar-refractivity contribution is 0.0884. The molecule has 3 N–H and O–H groups in total. The van der Waals surface area contributed by atoms with Gasteiger partial charge in [-0.2, -0.15) is 4.98 Å². The summed E-state index contributed by atoms with van der Waals surface area (Å²) in [4.78, 5) is 28.1. The van der Waals surface area contributed by atoms with Crippen molar-refractivity contribution in [2.45, 2.75) is 33.7 Å². The van der Waals surface area contributed by atoms with Crippen molar-refractivity contribution >= 4 is 29.6 Å². The number of hydrogen-bond acceptors (Lipinski definition) is 7. The summed E-state index contributed by atoms with van der Waals surface area (Å²) in [6, 6.07) is 1.95. The van der Waals surface area contributed by atoms with Gasteiger partial charge >= 0.3 is 0 Å². The van der Waals surface area contributed by atoms with E-state index in [0.29, 0.717) is 24.0 Å². The fourth-order valence-corrected chi connectivity index (χ4v) is 4.19. The van der Waals surface area contributed by atoms with E-state index in [2.05, 4.69) is 65.2 Å². The van der Waals surface area contributed by atoms with Gasteiger partial charge in [0.2, 0.25) is 5.95 Å². The van der Waals surface area contributed by atoms with E-state index in [0.717, 1.165) is 37.2 Å². The number of nitrogens with one attached hydrogen (secondary N) is 3. The lowest BCUT2D eigenvalue weighted by atomic mass is 9.85. The second kappa shape index (κ2) is 8.74. The molecule has 4 rings (SSSR count). The number of anilines is 1. The van der Waals surface area contributed by atoms with E-state index in [4.69, 9.17) is 4.98 Å². The minimum absolute atomic E-state index is 0.0486. The lowest BCUT2D eigenvalue weighted by Crippen LogP contribution is -2.43. The molecular weight excluding hydrogens is 404 g/mol. The van der Waals surface area contributed by atoms with Crippen LogP contribution < -0.4 is 16.0 Å². The van der Waals surface area contributed by atoms with Gasteiger partial charge < -0.3 is 25.4 Å². The van der Waals surface area contributed by atoms with Gasteiger partial charge in [-0.3, -0.25) is 4.79 Å². The van der Waals surface area contributed by atoms with Crippen molar-refractivity contribution < 1.29 is 4.79 Å². The molecule has 170 valence electrons. The number of fused-ring (bicyclic) bond motifs is 3. The number of rotatable bonds is 5. The Bertz CT molecular complexity index is 1090. The van der Waals surface area contributed by atoms with Gasteiger partial charge in [0.1, 0.15) is 17.2 Å². The van der Waals surface area contributed by atoms with Crippen molar-refractivity contribution in [1.82, 2.24) is 30.1 Å². The van der Waals surface area contributed by atoms with Gasteiger partial charge in [-0.1, -0.05) is 20.8 Å². The van der Waals surface area contributed by atoms with Gasteiger partial charge in [-0.05, 0) is 37.3 Å². The summed E-state index contributed by atoms with van der Waals surface area (Å²) in [7, 11) is 0. The molecule has 1 fully saturated rings. The van der Waals surface area contributed by atoms with E-state index >= 15 is 0 Å². The van der Waals surface area contributed by atoms with Crippen molar-refractivity contribution in [3.8, 4) is 0 Å². The van der Waals surface area contributed by atoms with Crippen LogP contribution in [0.25, 0.3) is 11.0 Å². The van der Waals surface area contributed by atoms with Crippen LogP contribution in [-0.4, -0.2) is 64.8 Å². The van der Waals surface area contributed by atoms with Crippen LogP contribution in [0.4, 0.5) is 5.95 Å². The van der Waals surface area contributed by atoms with Crippen molar-refractivity contribution in [3.63, 3.8) is 0 Å². The molecule has 32 heavy (non-hydrogen) atoms. The van der Waals surface area contributed by atoms with Crippen LogP contribution >= 0.6 is 0 Å². The number of hydrogen-bond donors (Lipinski definition) is 3. The quantitative estimate of drug-likeness (QED) is 0.492. The zero-order valence-corrected chi connectivity index (χ0v) is 19.3. The van der Waals surface area contributed by atoms with Crippen molar-refractivity contribution in [2.24, 2.45) is 10.4 Å². The summed E-state index contributed by atoms with van der Waals surface area (Å²) in [6.45, 7) is 16.8. The van der Waals surface area contributed by atoms with Crippen LogP contribution in [0, 0.1) is 5.41 Å². The second-order valence-electron chi connectivity index (χ2n) is 9.34. The highest BCUT2D eigenvalue weighted by Crippen LogP contribution is 2.36. The Labute approximate surface area is 188 Å². The summed E-state index contributed by atoms with van der Waals surface area (Å²) in [5, 5.41) is 10.4. The number of aromatic nitrogens is 3. The first-order valence-electron chi connectivity index (χ1n) is 11.0. The fourth-order valence-electron chi connectivity index (χ4n) is 4.19. The van der Waals surface area contributed by atoms with E-state index in [-0.39, 0.29) is 17.4 Å². The fraction of sp³-hybridized carbons (Fsp3) is 0.478. The van der Waals surface area contributed by atoms with Gasteiger partial charge in [0.15, 0.2) is 0 Å². The van der Waals surface area contributed by atoms with Crippen LogP contribution in [-0.2, 0) is 0 Å². The molecule has 0 spiro atoms. The Morgan fingerprint density at radius 2 is 2.06 bits per heavy atom. The first-order valence-corrected chi connectivity index (χ1v) is 11.0. The molecule has 2 aliphatic rings. The SMILES string of the molecule is C=N/C(=C\C=C(/C)N1CCNCC1)Nc1ncc2cc3n(c2n1)[C@@H](C(C)(C)C)CNC3=O. The van der Waals surface area contributed by atoms with Crippen LogP contribution in [0.1, 0.15) is 44.2 Å². The molecule has 2 aromatic rings. The first-order chi connectivity index (χ1) is 15.3. The van der Waals surface area contributed by atoms with Gasteiger partial charge in [0.25, 0.3) is 5.91 Å². The molecule has 1 atom stereocenters. The Hall–Kier alpha value is -3.20. The molecule has 0 unspecified atom stereocenters. The molecule has 1 amide bonds. The van der Waals surface area contributed by atoms with Gasteiger partial charge in [-0.25, -0.2) is 9.98 Å². The minimum Gasteiger partial charge on any atom is -0.372 e. The maximum atomic E-state index is 12.5. The summed E-state index contributed by atoms with van der Waals surface area (Å²) >= 11 is 0. The molecule has 9 nitrogen and oxygen atoms in total. The third-order valence-electron chi connectivity index (χ3n) is 6.08.